The van der Waals surface area contributed by atoms with Gasteiger partial charge in [0.05, 0.1) is 0 Å². The van der Waals surface area contributed by atoms with Crippen LogP contribution in [0.5, 0.6) is 0 Å². The predicted molar refractivity (Wildman–Crippen MR) is 48.3 cm³/mol. The maximum Gasteiger partial charge on any atom is 0.249 e. The molecule has 0 unspecified atom stereocenters. The van der Waals surface area contributed by atoms with Gasteiger partial charge in [-0.3, -0.25) is 9.59 Å². The van der Waals surface area contributed by atoms with Crippen LogP contribution in [0.25, 0.3) is 0 Å². The van der Waals surface area contributed by atoms with E-state index in [0.29, 0.717) is 5.70 Å². The zero-order chi connectivity index (χ0) is 9.84. The van der Waals surface area contributed by atoms with Crippen molar-refractivity contribution in [2.75, 3.05) is 0 Å². The molecule has 0 aromatic rings. The van der Waals surface area contributed by atoms with Crippen LogP contribution < -0.4 is 10.6 Å². The first-order chi connectivity index (χ1) is 6.13. The highest BCUT2D eigenvalue weighted by Crippen LogP contribution is 2.11. The second-order valence-corrected chi connectivity index (χ2v) is 2.59. The van der Waals surface area contributed by atoms with Crippen LogP contribution in [0.4, 0.5) is 0 Å². The molecule has 1 heterocycles. The predicted octanol–water partition coefficient (Wildman–Crippen LogP) is 0.206. The molecule has 4 nitrogen and oxygen atoms in total. The van der Waals surface area contributed by atoms with Gasteiger partial charge < -0.3 is 10.6 Å². The number of carbonyl (C=O) groups is 2. The Kier molecular flexibility index (Phi) is 2.64. The van der Waals surface area contributed by atoms with E-state index >= 15 is 0 Å². The van der Waals surface area contributed by atoms with Crippen molar-refractivity contribution in [3.8, 4) is 0 Å². The van der Waals surface area contributed by atoms with Crippen molar-refractivity contribution in [3.05, 3.63) is 36.2 Å². The topological polar surface area (TPSA) is 58.2 Å². The minimum Gasteiger partial charge on any atom is -0.330 e. The highest BCUT2D eigenvalue weighted by molar-refractivity contribution is 5.98. The third kappa shape index (κ3) is 2.30. The summed E-state index contributed by atoms with van der Waals surface area (Å²) in [6.07, 6.45) is 4.04. The van der Waals surface area contributed by atoms with Crippen LogP contribution in [0.2, 0.25) is 0 Å². The Bertz CT molecular complexity index is 327. The maximum absolute atomic E-state index is 11.0. The first-order valence-corrected chi connectivity index (χ1v) is 3.76. The Hall–Kier alpha value is -1.84. The van der Waals surface area contributed by atoms with Crippen molar-refractivity contribution < 1.29 is 9.59 Å². The van der Waals surface area contributed by atoms with E-state index in [2.05, 4.69) is 17.2 Å². The van der Waals surface area contributed by atoms with Gasteiger partial charge in [0.1, 0.15) is 0 Å². The zero-order valence-electron chi connectivity index (χ0n) is 7.26. The molecule has 0 aliphatic carbocycles. The summed E-state index contributed by atoms with van der Waals surface area (Å²) in [7, 11) is 0. The molecular formula is C9H10N2O2. The van der Waals surface area contributed by atoms with Crippen LogP contribution in [-0.2, 0) is 9.59 Å². The van der Waals surface area contributed by atoms with Gasteiger partial charge in [0.2, 0.25) is 11.8 Å². The van der Waals surface area contributed by atoms with Gasteiger partial charge in [0, 0.05) is 17.8 Å². The average molecular weight is 178 g/mol. The summed E-state index contributed by atoms with van der Waals surface area (Å²) in [6, 6.07) is 0. The average Bonchev–Trinajstić information content (AvgIpc) is 2.30. The third-order valence-electron chi connectivity index (χ3n) is 1.55. The highest BCUT2D eigenvalue weighted by Gasteiger charge is 2.13. The standard InChI is InChI=1S/C9H10N2O2/c1-3-10-8(12)5-7-6(2)4-9(13)11-7/h3-5H,1H2,2H3,(H,10,12)(H,11,13). The van der Waals surface area contributed by atoms with Crippen molar-refractivity contribution >= 4 is 11.8 Å². The monoisotopic (exact) mass is 178 g/mol. The molecule has 4 heteroatoms. The maximum atomic E-state index is 11.0. The first kappa shape index (κ1) is 9.25. The molecule has 13 heavy (non-hydrogen) atoms. The van der Waals surface area contributed by atoms with Crippen LogP contribution in [0.3, 0.4) is 0 Å². The van der Waals surface area contributed by atoms with E-state index in [0.717, 1.165) is 5.57 Å². The Labute approximate surface area is 76.0 Å². The molecule has 0 aromatic carbocycles. The Morgan fingerprint density at radius 3 is 2.85 bits per heavy atom. The van der Waals surface area contributed by atoms with Crippen molar-refractivity contribution in [2.24, 2.45) is 0 Å². The van der Waals surface area contributed by atoms with Gasteiger partial charge in [0.25, 0.3) is 0 Å². The number of amides is 2. The molecule has 68 valence electrons. The summed E-state index contributed by atoms with van der Waals surface area (Å²) in [5, 5.41) is 4.91. The molecule has 1 aliphatic rings. The molecule has 0 spiro atoms. The molecule has 0 bridgehead atoms. The summed E-state index contributed by atoms with van der Waals surface area (Å²) < 4.78 is 0. The smallest absolute Gasteiger partial charge is 0.249 e. The number of hydrogen-bond acceptors (Lipinski definition) is 2. The van der Waals surface area contributed by atoms with Gasteiger partial charge in [-0.15, -0.1) is 0 Å². The molecule has 0 saturated carbocycles. The number of carbonyl (C=O) groups excluding carboxylic acids is 2. The summed E-state index contributed by atoms with van der Waals surface area (Å²) in [4.78, 5) is 21.8. The largest absolute Gasteiger partial charge is 0.330 e. The van der Waals surface area contributed by atoms with Gasteiger partial charge in [-0.05, 0) is 18.7 Å². The van der Waals surface area contributed by atoms with E-state index < -0.39 is 0 Å². The minimum atomic E-state index is -0.306. The minimum absolute atomic E-state index is 0.199. The lowest BCUT2D eigenvalue weighted by atomic mass is 10.2. The lowest BCUT2D eigenvalue weighted by Gasteiger charge is -1.99. The Morgan fingerprint density at radius 1 is 1.69 bits per heavy atom. The quantitative estimate of drug-likeness (QED) is 0.594. The third-order valence-corrected chi connectivity index (χ3v) is 1.55. The lowest BCUT2D eigenvalue weighted by Crippen LogP contribution is -2.19. The van der Waals surface area contributed by atoms with Crippen LogP contribution in [0, 0.1) is 0 Å². The summed E-state index contributed by atoms with van der Waals surface area (Å²) in [6.45, 7) is 5.10. The molecule has 0 radical (unpaired) electrons. The molecule has 0 fully saturated rings. The summed E-state index contributed by atoms with van der Waals surface area (Å²) in [5.74, 6) is -0.505. The lowest BCUT2D eigenvalue weighted by molar-refractivity contribution is -0.115. The van der Waals surface area contributed by atoms with Crippen molar-refractivity contribution in [3.63, 3.8) is 0 Å². The molecule has 1 aliphatic heterocycles. The number of allylic oxidation sites excluding steroid dienone is 1. The van der Waals surface area contributed by atoms with Crippen molar-refractivity contribution in [1.29, 1.82) is 0 Å². The Morgan fingerprint density at radius 2 is 2.38 bits per heavy atom. The fraction of sp³-hybridized carbons (Fsp3) is 0.111. The molecule has 2 N–H and O–H groups in total. The fourth-order valence-electron chi connectivity index (χ4n) is 0.965. The molecule has 1 rings (SSSR count). The van der Waals surface area contributed by atoms with Gasteiger partial charge in [0.15, 0.2) is 0 Å². The highest BCUT2D eigenvalue weighted by atomic mass is 16.2. The normalized spacial score (nSPS) is 18.1. The molecular weight excluding hydrogens is 168 g/mol. The van der Waals surface area contributed by atoms with Crippen LogP contribution in [0.15, 0.2) is 36.2 Å². The SMILES string of the molecule is C=CNC(=O)C=C1NC(=O)C=C1C. The van der Waals surface area contributed by atoms with Crippen LogP contribution >= 0.6 is 0 Å². The summed E-state index contributed by atoms with van der Waals surface area (Å²) in [5.41, 5.74) is 1.29. The molecule has 2 amide bonds. The number of nitrogens with one attached hydrogen (secondary N) is 2. The first-order valence-electron chi connectivity index (χ1n) is 3.76. The van der Waals surface area contributed by atoms with E-state index in [-0.39, 0.29) is 11.8 Å². The molecule has 0 saturated heterocycles. The fourth-order valence-corrected chi connectivity index (χ4v) is 0.965. The Balaban J connectivity index is 2.74. The van der Waals surface area contributed by atoms with Gasteiger partial charge in [-0.25, -0.2) is 0 Å². The van der Waals surface area contributed by atoms with Gasteiger partial charge in [-0.2, -0.15) is 0 Å². The van der Waals surface area contributed by atoms with Crippen LogP contribution in [0.1, 0.15) is 6.92 Å². The van der Waals surface area contributed by atoms with E-state index in [1.54, 1.807) is 6.92 Å². The second kappa shape index (κ2) is 3.71. The zero-order valence-corrected chi connectivity index (χ0v) is 7.26. The van der Waals surface area contributed by atoms with E-state index in [9.17, 15) is 9.59 Å². The van der Waals surface area contributed by atoms with Crippen molar-refractivity contribution in [1.82, 2.24) is 10.6 Å². The van der Waals surface area contributed by atoms with Crippen LogP contribution in [-0.4, -0.2) is 11.8 Å². The second-order valence-electron chi connectivity index (χ2n) is 2.59. The van der Waals surface area contributed by atoms with Crippen molar-refractivity contribution in [2.45, 2.75) is 6.92 Å². The van der Waals surface area contributed by atoms with Gasteiger partial charge in [-0.1, -0.05) is 6.58 Å². The number of rotatable bonds is 2. The van der Waals surface area contributed by atoms with E-state index in [4.69, 9.17) is 0 Å². The molecule has 0 atom stereocenters. The molecule has 0 aromatic heterocycles. The van der Waals surface area contributed by atoms with Gasteiger partial charge >= 0.3 is 0 Å². The van der Waals surface area contributed by atoms with E-state index in [1.165, 1.54) is 18.4 Å². The summed E-state index contributed by atoms with van der Waals surface area (Å²) >= 11 is 0. The number of hydrogen-bond donors (Lipinski definition) is 2. The van der Waals surface area contributed by atoms with E-state index in [1.807, 2.05) is 0 Å².